The number of hydrogen-bond acceptors (Lipinski definition) is 4. The number of ether oxygens (including phenoxy) is 1. The number of hydrogen-bond donors (Lipinski definition) is 2. The van der Waals surface area contributed by atoms with Gasteiger partial charge in [-0.05, 0) is 43.9 Å². The lowest BCUT2D eigenvalue weighted by Crippen LogP contribution is -2.49. The van der Waals surface area contributed by atoms with E-state index in [9.17, 15) is 13.5 Å². The Balaban J connectivity index is 2.06. The predicted octanol–water partition coefficient (Wildman–Crippen LogP) is 1.59. The Morgan fingerprint density at radius 3 is 2.35 bits per heavy atom. The van der Waals surface area contributed by atoms with E-state index in [0.717, 1.165) is 19.3 Å². The van der Waals surface area contributed by atoms with Gasteiger partial charge in [0.05, 0.1) is 16.6 Å². The van der Waals surface area contributed by atoms with Crippen LogP contribution < -0.4 is 4.72 Å². The van der Waals surface area contributed by atoms with Crippen molar-refractivity contribution in [1.29, 1.82) is 0 Å². The van der Waals surface area contributed by atoms with Crippen molar-refractivity contribution in [2.24, 2.45) is 0 Å². The van der Waals surface area contributed by atoms with E-state index in [2.05, 4.69) is 4.72 Å². The molecule has 1 unspecified atom stereocenters. The van der Waals surface area contributed by atoms with E-state index in [1.807, 2.05) is 0 Å². The zero-order valence-corrected chi connectivity index (χ0v) is 12.6. The van der Waals surface area contributed by atoms with Crippen molar-refractivity contribution >= 4 is 10.0 Å². The highest BCUT2D eigenvalue weighted by molar-refractivity contribution is 7.89. The second kappa shape index (κ2) is 5.81. The Morgan fingerprint density at radius 1 is 1.35 bits per heavy atom. The van der Waals surface area contributed by atoms with Crippen LogP contribution in [0.4, 0.5) is 0 Å². The van der Waals surface area contributed by atoms with Gasteiger partial charge in [0.25, 0.3) is 0 Å². The molecule has 0 saturated heterocycles. The standard InChI is InChI=1S/C14H21NO4S/c1-11(16)12-4-6-13(7-5-12)20(17,18)15-10-14(19-2)8-3-9-14/h4-7,11,15-16H,3,8-10H2,1-2H3. The lowest BCUT2D eigenvalue weighted by atomic mass is 9.80. The summed E-state index contributed by atoms with van der Waals surface area (Å²) < 4.78 is 32.4. The summed E-state index contributed by atoms with van der Waals surface area (Å²) in [5.74, 6) is 0. The van der Waals surface area contributed by atoms with Crippen LogP contribution in [0.3, 0.4) is 0 Å². The highest BCUT2D eigenvalue weighted by Crippen LogP contribution is 2.34. The van der Waals surface area contributed by atoms with Gasteiger partial charge in [0.2, 0.25) is 10.0 Å². The molecule has 0 spiro atoms. The summed E-state index contributed by atoms with van der Waals surface area (Å²) in [6.07, 6.45) is 2.23. The SMILES string of the molecule is COC1(CNS(=O)(=O)c2ccc(C(C)O)cc2)CCC1. The maximum Gasteiger partial charge on any atom is 0.240 e. The van der Waals surface area contributed by atoms with Crippen molar-refractivity contribution in [2.45, 2.75) is 42.8 Å². The first kappa shape index (κ1) is 15.4. The predicted molar refractivity (Wildman–Crippen MR) is 75.9 cm³/mol. The van der Waals surface area contributed by atoms with Crippen molar-refractivity contribution in [3.63, 3.8) is 0 Å². The minimum atomic E-state index is -3.53. The molecule has 0 amide bonds. The fraction of sp³-hybridized carbons (Fsp3) is 0.571. The fourth-order valence-electron chi connectivity index (χ4n) is 2.26. The van der Waals surface area contributed by atoms with Crippen molar-refractivity contribution in [3.8, 4) is 0 Å². The molecule has 0 radical (unpaired) electrons. The molecule has 1 fully saturated rings. The average molecular weight is 299 g/mol. The van der Waals surface area contributed by atoms with Gasteiger partial charge in [-0.3, -0.25) is 0 Å². The molecule has 20 heavy (non-hydrogen) atoms. The molecule has 0 aromatic heterocycles. The minimum absolute atomic E-state index is 0.201. The van der Waals surface area contributed by atoms with Gasteiger partial charge in [-0.1, -0.05) is 12.1 Å². The van der Waals surface area contributed by atoms with Crippen molar-refractivity contribution in [3.05, 3.63) is 29.8 Å². The quantitative estimate of drug-likeness (QED) is 0.836. The molecule has 1 aliphatic carbocycles. The molecule has 0 heterocycles. The van der Waals surface area contributed by atoms with Crippen LogP contribution in [0.2, 0.25) is 0 Å². The zero-order valence-electron chi connectivity index (χ0n) is 11.8. The summed E-state index contributed by atoms with van der Waals surface area (Å²) in [5.41, 5.74) is 0.350. The smallest absolute Gasteiger partial charge is 0.240 e. The molecule has 2 rings (SSSR count). The van der Waals surface area contributed by atoms with E-state index >= 15 is 0 Å². The number of aliphatic hydroxyl groups excluding tert-OH is 1. The van der Waals surface area contributed by atoms with Gasteiger partial charge in [0, 0.05) is 13.7 Å². The lowest BCUT2D eigenvalue weighted by molar-refractivity contribution is -0.0659. The lowest BCUT2D eigenvalue weighted by Gasteiger charge is -2.40. The van der Waals surface area contributed by atoms with E-state index in [4.69, 9.17) is 4.74 Å². The van der Waals surface area contributed by atoms with Crippen LogP contribution in [0.25, 0.3) is 0 Å². The fourth-order valence-corrected chi connectivity index (χ4v) is 3.37. The first-order valence-electron chi connectivity index (χ1n) is 6.71. The molecule has 112 valence electrons. The van der Waals surface area contributed by atoms with Gasteiger partial charge in [0.15, 0.2) is 0 Å². The molecular formula is C14H21NO4S. The molecule has 2 N–H and O–H groups in total. The van der Waals surface area contributed by atoms with Gasteiger partial charge in [-0.25, -0.2) is 13.1 Å². The second-order valence-electron chi connectivity index (χ2n) is 5.31. The minimum Gasteiger partial charge on any atom is -0.389 e. The van der Waals surface area contributed by atoms with E-state index < -0.39 is 16.1 Å². The van der Waals surface area contributed by atoms with Gasteiger partial charge in [-0.15, -0.1) is 0 Å². The van der Waals surface area contributed by atoms with Gasteiger partial charge in [-0.2, -0.15) is 0 Å². The number of sulfonamides is 1. The summed E-state index contributed by atoms with van der Waals surface area (Å²) in [6.45, 7) is 1.94. The molecule has 1 atom stereocenters. The molecular weight excluding hydrogens is 278 g/mol. The summed E-state index contributed by atoms with van der Waals surface area (Å²) in [6, 6.07) is 6.25. The van der Waals surface area contributed by atoms with Crippen molar-refractivity contribution in [1.82, 2.24) is 4.72 Å². The molecule has 0 aliphatic heterocycles. The summed E-state index contributed by atoms with van der Waals surface area (Å²) >= 11 is 0. The van der Waals surface area contributed by atoms with Crippen molar-refractivity contribution in [2.75, 3.05) is 13.7 Å². The largest absolute Gasteiger partial charge is 0.389 e. The van der Waals surface area contributed by atoms with Crippen LogP contribution in [0.15, 0.2) is 29.2 Å². The Hall–Kier alpha value is -0.950. The average Bonchev–Trinajstić information content (AvgIpc) is 2.38. The highest BCUT2D eigenvalue weighted by atomic mass is 32.2. The van der Waals surface area contributed by atoms with E-state index in [1.165, 1.54) is 12.1 Å². The molecule has 1 aromatic carbocycles. The third-order valence-corrected chi connectivity index (χ3v) is 5.37. The molecule has 5 nitrogen and oxygen atoms in total. The zero-order chi connectivity index (χ0) is 14.8. The Morgan fingerprint density at radius 2 is 1.95 bits per heavy atom. The van der Waals surface area contributed by atoms with Crippen LogP contribution in [0, 0.1) is 0 Å². The Bertz CT molecular complexity index is 542. The van der Waals surface area contributed by atoms with Crippen LogP contribution in [-0.2, 0) is 14.8 Å². The van der Waals surface area contributed by atoms with Gasteiger partial charge in [0.1, 0.15) is 0 Å². The van der Waals surface area contributed by atoms with Crippen LogP contribution in [-0.4, -0.2) is 32.8 Å². The van der Waals surface area contributed by atoms with E-state index in [0.29, 0.717) is 12.1 Å². The maximum atomic E-state index is 12.2. The van der Waals surface area contributed by atoms with Gasteiger partial charge >= 0.3 is 0 Å². The highest BCUT2D eigenvalue weighted by Gasteiger charge is 2.37. The summed E-state index contributed by atoms with van der Waals surface area (Å²) in [4.78, 5) is 0.201. The van der Waals surface area contributed by atoms with E-state index in [1.54, 1.807) is 26.2 Å². The Labute approximate surface area is 120 Å². The second-order valence-corrected chi connectivity index (χ2v) is 7.08. The topological polar surface area (TPSA) is 75.6 Å². The van der Waals surface area contributed by atoms with Crippen LogP contribution >= 0.6 is 0 Å². The monoisotopic (exact) mass is 299 g/mol. The first-order valence-corrected chi connectivity index (χ1v) is 8.20. The number of aliphatic hydroxyl groups is 1. The van der Waals surface area contributed by atoms with E-state index in [-0.39, 0.29) is 10.5 Å². The van der Waals surface area contributed by atoms with Crippen LogP contribution in [0.1, 0.15) is 37.9 Å². The van der Waals surface area contributed by atoms with Crippen LogP contribution in [0.5, 0.6) is 0 Å². The molecule has 1 aromatic rings. The third-order valence-electron chi connectivity index (χ3n) is 3.95. The number of nitrogens with one attached hydrogen (secondary N) is 1. The molecule has 6 heteroatoms. The maximum absolute atomic E-state index is 12.2. The molecule has 0 bridgehead atoms. The molecule has 1 saturated carbocycles. The van der Waals surface area contributed by atoms with Crippen molar-refractivity contribution < 1.29 is 18.3 Å². The molecule has 1 aliphatic rings. The normalized spacial score (nSPS) is 19.4. The third kappa shape index (κ3) is 3.20. The van der Waals surface area contributed by atoms with Gasteiger partial charge < -0.3 is 9.84 Å². The summed E-state index contributed by atoms with van der Waals surface area (Å²) in [5, 5.41) is 9.42. The number of benzene rings is 1. The number of methoxy groups -OCH3 is 1. The Kier molecular flexibility index (Phi) is 4.49. The number of rotatable bonds is 6. The first-order chi connectivity index (χ1) is 9.38. The summed E-state index contributed by atoms with van der Waals surface area (Å²) in [7, 11) is -1.92.